The van der Waals surface area contributed by atoms with Crippen LogP contribution in [-0.4, -0.2) is 5.78 Å². The van der Waals surface area contributed by atoms with Gasteiger partial charge in [-0.05, 0) is 37.7 Å². The van der Waals surface area contributed by atoms with Crippen LogP contribution >= 0.6 is 11.8 Å². The van der Waals surface area contributed by atoms with Crippen LogP contribution in [0.15, 0.2) is 40.8 Å². The van der Waals surface area contributed by atoms with E-state index in [1.165, 1.54) is 16.0 Å². The highest BCUT2D eigenvalue weighted by atomic mass is 32.2. The van der Waals surface area contributed by atoms with Crippen LogP contribution in [0.25, 0.3) is 0 Å². The Morgan fingerprint density at radius 2 is 1.71 bits per heavy atom. The standard InChI is InChI=1S/C15H20OS/c1-12(2)15(10-9-13(3)16)17-11-14-7-5-4-6-8-14/h4-8H,9-11H2,1-3H3. The fourth-order valence-corrected chi connectivity index (χ4v) is 2.57. The largest absolute Gasteiger partial charge is 0.300 e. The quantitative estimate of drug-likeness (QED) is 0.733. The fraction of sp³-hybridized carbons (Fsp3) is 0.400. The molecule has 0 heterocycles. The van der Waals surface area contributed by atoms with Crippen molar-refractivity contribution in [1.82, 2.24) is 0 Å². The van der Waals surface area contributed by atoms with Gasteiger partial charge in [-0.15, -0.1) is 11.8 Å². The lowest BCUT2D eigenvalue weighted by molar-refractivity contribution is -0.116. The molecule has 0 fully saturated rings. The van der Waals surface area contributed by atoms with E-state index in [2.05, 4.69) is 38.1 Å². The van der Waals surface area contributed by atoms with Gasteiger partial charge in [0.05, 0.1) is 0 Å². The number of ketones is 1. The molecular weight excluding hydrogens is 228 g/mol. The fourth-order valence-electron chi connectivity index (χ4n) is 1.50. The van der Waals surface area contributed by atoms with E-state index < -0.39 is 0 Å². The van der Waals surface area contributed by atoms with E-state index in [0.717, 1.165) is 12.2 Å². The Morgan fingerprint density at radius 3 is 2.24 bits per heavy atom. The van der Waals surface area contributed by atoms with Crippen LogP contribution in [0.1, 0.15) is 39.2 Å². The van der Waals surface area contributed by atoms with Gasteiger partial charge in [0.1, 0.15) is 5.78 Å². The molecule has 0 aromatic heterocycles. The Labute approximate surface area is 108 Å². The van der Waals surface area contributed by atoms with Crippen molar-refractivity contribution < 1.29 is 4.79 Å². The average Bonchev–Trinajstić information content (AvgIpc) is 2.29. The van der Waals surface area contributed by atoms with Crippen molar-refractivity contribution in [2.75, 3.05) is 0 Å². The molecule has 1 nitrogen and oxygen atoms in total. The summed E-state index contributed by atoms with van der Waals surface area (Å²) >= 11 is 1.85. The third-order valence-corrected chi connectivity index (χ3v) is 3.96. The van der Waals surface area contributed by atoms with Crippen LogP contribution < -0.4 is 0 Å². The number of hydrogen-bond acceptors (Lipinski definition) is 2. The van der Waals surface area contributed by atoms with Crippen molar-refractivity contribution in [2.45, 2.75) is 39.4 Å². The number of carbonyl (C=O) groups is 1. The van der Waals surface area contributed by atoms with Gasteiger partial charge in [-0.2, -0.15) is 0 Å². The molecule has 0 N–H and O–H groups in total. The van der Waals surface area contributed by atoms with Crippen LogP contribution in [-0.2, 0) is 10.5 Å². The smallest absolute Gasteiger partial charge is 0.130 e. The van der Waals surface area contributed by atoms with Gasteiger partial charge in [0, 0.05) is 12.2 Å². The zero-order chi connectivity index (χ0) is 12.7. The molecule has 1 aromatic rings. The van der Waals surface area contributed by atoms with Crippen LogP contribution in [0.2, 0.25) is 0 Å². The Hall–Kier alpha value is -1.02. The van der Waals surface area contributed by atoms with E-state index in [0.29, 0.717) is 6.42 Å². The first-order chi connectivity index (χ1) is 8.09. The Bertz CT molecular complexity index is 389. The van der Waals surface area contributed by atoms with E-state index in [1.807, 2.05) is 17.8 Å². The summed E-state index contributed by atoms with van der Waals surface area (Å²) in [6.45, 7) is 5.89. The summed E-state index contributed by atoms with van der Waals surface area (Å²) in [5, 5.41) is 0. The lowest BCUT2D eigenvalue weighted by Crippen LogP contribution is -1.92. The SMILES string of the molecule is CC(=O)CCC(SCc1ccccc1)=C(C)C. The molecule has 0 aliphatic heterocycles. The summed E-state index contributed by atoms with van der Waals surface area (Å²) in [6.07, 6.45) is 1.54. The predicted molar refractivity (Wildman–Crippen MR) is 76.0 cm³/mol. The Kier molecular flexibility index (Phi) is 6.06. The molecule has 0 aliphatic carbocycles. The molecule has 0 bridgehead atoms. The zero-order valence-corrected chi connectivity index (χ0v) is 11.6. The number of Topliss-reactive ketones (excluding diaryl/α,β-unsaturated/α-hetero) is 1. The third-order valence-electron chi connectivity index (χ3n) is 2.52. The number of thioether (sulfide) groups is 1. The summed E-state index contributed by atoms with van der Waals surface area (Å²) in [4.78, 5) is 12.4. The van der Waals surface area contributed by atoms with E-state index in [-0.39, 0.29) is 5.78 Å². The van der Waals surface area contributed by atoms with Gasteiger partial charge in [0.15, 0.2) is 0 Å². The van der Waals surface area contributed by atoms with Gasteiger partial charge >= 0.3 is 0 Å². The highest BCUT2D eigenvalue weighted by molar-refractivity contribution is 8.02. The molecule has 92 valence electrons. The first kappa shape index (κ1) is 14.0. The second-order valence-corrected chi connectivity index (χ2v) is 5.47. The molecule has 17 heavy (non-hydrogen) atoms. The number of rotatable bonds is 6. The van der Waals surface area contributed by atoms with Gasteiger partial charge < -0.3 is 4.79 Å². The van der Waals surface area contributed by atoms with E-state index in [1.54, 1.807) is 6.92 Å². The number of carbonyl (C=O) groups excluding carboxylic acids is 1. The molecule has 0 aliphatic rings. The first-order valence-electron chi connectivity index (χ1n) is 5.92. The molecule has 0 radical (unpaired) electrons. The highest BCUT2D eigenvalue weighted by Gasteiger charge is 2.04. The topological polar surface area (TPSA) is 17.1 Å². The minimum absolute atomic E-state index is 0.268. The van der Waals surface area contributed by atoms with Gasteiger partial charge in [-0.3, -0.25) is 0 Å². The van der Waals surface area contributed by atoms with Gasteiger partial charge in [0.2, 0.25) is 0 Å². The Balaban J connectivity index is 2.52. The predicted octanol–water partition coefficient (Wildman–Crippen LogP) is 4.58. The lowest BCUT2D eigenvalue weighted by atomic mass is 10.2. The molecule has 0 atom stereocenters. The van der Waals surface area contributed by atoms with E-state index in [4.69, 9.17) is 0 Å². The molecule has 0 saturated carbocycles. The lowest BCUT2D eigenvalue weighted by Gasteiger charge is -2.09. The molecule has 0 saturated heterocycles. The second kappa shape index (κ2) is 7.33. The Morgan fingerprint density at radius 1 is 1.06 bits per heavy atom. The maximum absolute atomic E-state index is 11.0. The maximum atomic E-state index is 11.0. The number of hydrogen-bond donors (Lipinski definition) is 0. The number of allylic oxidation sites excluding steroid dienone is 2. The molecule has 0 amide bonds. The molecular formula is C15H20OS. The average molecular weight is 248 g/mol. The second-order valence-electron chi connectivity index (χ2n) is 4.40. The summed E-state index contributed by atoms with van der Waals surface area (Å²) < 4.78 is 0. The zero-order valence-electron chi connectivity index (χ0n) is 10.8. The van der Waals surface area contributed by atoms with Crippen LogP contribution in [0.3, 0.4) is 0 Å². The minimum Gasteiger partial charge on any atom is -0.300 e. The number of benzene rings is 1. The monoisotopic (exact) mass is 248 g/mol. The third kappa shape index (κ3) is 5.73. The summed E-state index contributed by atoms with van der Waals surface area (Å²) in [5.41, 5.74) is 2.66. The van der Waals surface area contributed by atoms with E-state index >= 15 is 0 Å². The van der Waals surface area contributed by atoms with Crippen molar-refractivity contribution in [3.63, 3.8) is 0 Å². The molecule has 0 spiro atoms. The van der Waals surface area contributed by atoms with Crippen molar-refractivity contribution in [3.05, 3.63) is 46.4 Å². The van der Waals surface area contributed by atoms with Crippen molar-refractivity contribution in [1.29, 1.82) is 0 Å². The highest BCUT2D eigenvalue weighted by Crippen LogP contribution is 2.28. The van der Waals surface area contributed by atoms with E-state index in [9.17, 15) is 4.79 Å². The summed E-state index contributed by atoms with van der Waals surface area (Å²) in [6, 6.07) is 10.4. The molecule has 0 unspecified atom stereocenters. The maximum Gasteiger partial charge on any atom is 0.130 e. The molecule has 1 aromatic carbocycles. The van der Waals surface area contributed by atoms with Crippen LogP contribution in [0.5, 0.6) is 0 Å². The van der Waals surface area contributed by atoms with Gasteiger partial charge in [0.25, 0.3) is 0 Å². The van der Waals surface area contributed by atoms with Crippen LogP contribution in [0.4, 0.5) is 0 Å². The normalized spacial score (nSPS) is 10.1. The van der Waals surface area contributed by atoms with Gasteiger partial charge in [-0.1, -0.05) is 35.9 Å². The summed E-state index contributed by atoms with van der Waals surface area (Å²) in [5.74, 6) is 1.25. The molecule has 2 heteroatoms. The molecule has 1 rings (SSSR count). The van der Waals surface area contributed by atoms with Crippen molar-refractivity contribution >= 4 is 17.5 Å². The van der Waals surface area contributed by atoms with Crippen molar-refractivity contribution in [2.24, 2.45) is 0 Å². The minimum atomic E-state index is 0.268. The van der Waals surface area contributed by atoms with Gasteiger partial charge in [-0.25, -0.2) is 0 Å². The van der Waals surface area contributed by atoms with Crippen LogP contribution in [0, 0.1) is 0 Å². The van der Waals surface area contributed by atoms with Crippen molar-refractivity contribution in [3.8, 4) is 0 Å². The first-order valence-corrected chi connectivity index (χ1v) is 6.90. The summed E-state index contributed by atoms with van der Waals surface area (Å²) in [7, 11) is 0.